The fraction of sp³-hybridized carbons (Fsp3) is 0.364. The van der Waals surface area contributed by atoms with Crippen molar-refractivity contribution in [2.75, 3.05) is 6.54 Å². The first-order valence-corrected chi connectivity index (χ1v) is 7.38. The van der Waals surface area contributed by atoms with Crippen molar-refractivity contribution < 1.29 is 23.2 Å². The zero-order valence-corrected chi connectivity index (χ0v) is 11.3. The van der Waals surface area contributed by atoms with Gasteiger partial charge in [0.05, 0.1) is 10.7 Å². The van der Waals surface area contributed by atoms with E-state index in [4.69, 9.17) is 5.11 Å². The highest BCUT2D eigenvalue weighted by atomic mass is 32.2. The molecule has 110 valence electrons. The molecule has 0 unspecified atom stereocenters. The molecule has 0 amide bonds. The number of carbonyl (C=O) groups is 1. The molecule has 1 rings (SSSR count). The maximum atomic E-state index is 11.7. The molecule has 2 N–H and O–H groups in total. The molecule has 0 saturated carbocycles. The minimum Gasteiger partial charge on any atom is -0.481 e. The Labute approximate surface area is 115 Å². The number of sulfonamides is 1. The van der Waals surface area contributed by atoms with Crippen molar-refractivity contribution in [2.45, 2.75) is 18.6 Å². The summed E-state index contributed by atoms with van der Waals surface area (Å²) in [5.74, 6) is -1.53. The predicted octanol–water partition coefficient (Wildman–Crippen LogP) is 0.879. The van der Waals surface area contributed by atoms with Crippen molar-refractivity contribution in [2.24, 2.45) is 0 Å². The number of nitrogens with one attached hydrogen (secondary N) is 1. The Hall–Kier alpha value is -2.00. The topological polar surface area (TPSA) is 127 Å². The van der Waals surface area contributed by atoms with Gasteiger partial charge in [-0.1, -0.05) is 18.2 Å². The molecule has 0 heterocycles. The molecule has 0 saturated heterocycles. The second-order valence-electron chi connectivity index (χ2n) is 4.04. The number of para-hydroxylation sites is 1. The first-order chi connectivity index (χ1) is 9.32. The number of nitrogens with zero attached hydrogens (tertiary/aromatic N) is 1. The molecular formula is C11H14N2O6S. The average Bonchev–Trinajstić information content (AvgIpc) is 2.34. The summed E-state index contributed by atoms with van der Waals surface area (Å²) >= 11 is 0. The highest BCUT2D eigenvalue weighted by molar-refractivity contribution is 7.88. The lowest BCUT2D eigenvalue weighted by Crippen LogP contribution is -2.26. The molecule has 1 aromatic carbocycles. The third-order valence-corrected chi connectivity index (χ3v) is 3.76. The minimum absolute atomic E-state index is 0.0186. The van der Waals surface area contributed by atoms with E-state index in [9.17, 15) is 23.3 Å². The summed E-state index contributed by atoms with van der Waals surface area (Å²) in [6.45, 7) is -0.0186. The van der Waals surface area contributed by atoms with Crippen LogP contribution in [0.1, 0.15) is 18.4 Å². The number of hydrogen-bond acceptors (Lipinski definition) is 5. The molecule has 0 aromatic heterocycles. The van der Waals surface area contributed by atoms with E-state index >= 15 is 0 Å². The number of carboxylic acids is 1. The Morgan fingerprint density at radius 2 is 2.00 bits per heavy atom. The number of nitro benzene ring substituents is 1. The number of nitro groups is 1. The summed E-state index contributed by atoms with van der Waals surface area (Å²) in [5.41, 5.74) is -0.174. The summed E-state index contributed by atoms with van der Waals surface area (Å²) < 4.78 is 25.7. The zero-order valence-electron chi connectivity index (χ0n) is 10.5. The summed E-state index contributed by atoms with van der Waals surface area (Å²) in [6, 6.07) is 5.57. The molecule has 8 nitrogen and oxygen atoms in total. The van der Waals surface area contributed by atoms with E-state index in [1.807, 2.05) is 0 Å². The lowest BCUT2D eigenvalue weighted by molar-refractivity contribution is -0.385. The van der Waals surface area contributed by atoms with Gasteiger partial charge >= 0.3 is 5.97 Å². The van der Waals surface area contributed by atoms with Crippen LogP contribution in [0.5, 0.6) is 0 Å². The van der Waals surface area contributed by atoms with Gasteiger partial charge in [0.25, 0.3) is 5.69 Å². The zero-order chi connectivity index (χ0) is 15.2. The quantitative estimate of drug-likeness (QED) is 0.417. The lowest BCUT2D eigenvalue weighted by atomic mass is 10.2. The third-order valence-electron chi connectivity index (χ3n) is 2.42. The Balaban J connectivity index is 2.67. The van der Waals surface area contributed by atoms with Crippen LogP contribution < -0.4 is 4.72 Å². The lowest BCUT2D eigenvalue weighted by Gasteiger charge is -2.06. The van der Waals surface area contributed by atoms with E-state index in [1.54, 1.807) is 0 Å². The van der Waals surface area contributed by atoms with E-state index in [0.29, 0.717) is 0 Å². The summed E-state index contributed by atoms with van der Waals surface area (Å²) in [7, 11) is -3.74. The van der Waals surface area contributed by atoms with Crippen molar-refractivity contribution in [1.29, 1.82) is 0 Å². The summed E-state index contributed by atoms with van der Waals surface area (Å²) in [5, 5.41) is 19.2. The third kappa shape index (κ3) is 5.33. The Morgan fingerprint density at radius 1 is 1.35 bits per heavy atom. The summed E-state index contributed by atoms with van der Waals surface area (Å²) in [4.78, 5) is 20.4. The second-order valence-corrected chi connectivity index (χ2v) is 5.84. The van der Waals surface area contributed by atoms with E-state index in [1.165, 1.54) is 24.3 Å². The van der Waals surface area contributed by atoms with Gasteiger partial charge < -0.3 is 5.11 Å². The number of rotatable bonds is 8. The van der Waals surface area contributed by atoms with Crippen LogP contribution in [0.3, 0.4) is 0 Å². The molecule has 9 heteroatoms. The Kier molecular flexibility index (Phi) is 5.59. The van der Waals surface area contributed by atoms with E-state index < -0.39 is 26.7 Å². The number of benzene rings is 1. The van der Waals surface area contributed by atoms with Gasteiger partial charge in [-0.3, -0.25) is 14.9 Å². The molecule has 0 atom stereocenters. The highest BCUT2D eigenvalue weighted by Crippen LogP contribution is 2.19. The maximum Gasteiger partial charge on any atom is 0.303 e. The molecule has 0 aliphatic heterocycles. The largest absolute Gasteiger partial charge is 0.481 e. The van der Waals surface area contributed by atoms with Gasteiger partial charge in [-0.2, -0.15) is 0 Å². The number of aliphatic carboxylic acids is 1. The molecule has 0 radical (unpaired) electrons. The van der Waals surface area contributed by atoms with Gasteiger partial charge in [0.15, 0.2) is 0 Å². The molecule has 1 aromatic rings. The van der Waals surface area contributed by atoms with Crippen LogP contribution in [-0.4, -0.2) is 31.0 Å². The van der Waals surface area contributed by atoms with Crippen LogP contribution >= 0.6 is 0 Å². The SMILES string of the molecule is O=C(O)CCCNS(=O)(=O)Cc1ccccc1[N+](=O)[O-]. The molecular weight excluding hydrogens is 288 g/mol. The standard InChI is InChI=1S/C11H14N2O6S/c14-11(15)6-3-7-12-20(18,19)8-9-4-1-2-5-10(9)13(16)17/h1-2,4-5,12H,3,6-8H2,(H,14,15). The van der Waals surface area contributed by atoms with Crippen LogP contribution in [0.15, 0.2) is 24.3 Å². The van der Waals surface area contributed by atoms with Crippen molar-refractivity contribution >= 4 is 21.7 Å². The van der Waals surface area contributed by atoms with Gasteiger partial charge in [-0.25, -0.2) is 13.1 Å². The van der Waals surface area contributed by atoms with Gasteiger partial charge in [0.1, 0.15) is 0 Å². The van der Waals surface area contributed by atoms with Crippen molar-refractivity contribution in [3.63, 3.8) is 0 Å². The molecule has 20 heavy (non-hydrogen) atoms. The molecule has 0 fully saturated rings. The first kappa shape index (κ1) is 16.1. The van der Waals surface area contributed by atoms with Crippen LogP contribution in [-0.2, 0) is 20.6 Å². The van der Waals surface area contributed by atoms with E-state index in [-0.39, 0.29) is 30.6 Å². The van der Waals surface area contributed by atoms with Crippen molar-refractivity contribution in [1.82, 2.24) is 4.72 Å². The van der Waals surface area contributed by atoms with Crippen LogP contribution in [0.2, 0.25) is 0 Å². The molecule has 0 aliphatic carbocycles. The Morgan fingerprint density at radius 3 is 2.60 bits per heavy atom. The second kappa shape index (κ2) is 6.96. The van der Waals surface area contributed by atoms with Crippen molar-refractivity contribution in [3.8, 4) is 0 Å². The molecule has 0 aliphatic rings. The van der Waals surface area contributed by atoms with Crippen LogP contribution in [0.25, 0.3) is 0 Å². The van der Waals surface area contributed by atoms with Crippen molar-refractivity contribution in [3.05, 3.63) is 39.9 Å². The number of carboxylic acid groups (broad SMARTS) is 1. The number of hydrogen-bond donors (Lipinski definition) is 2. The normalized spacial score (nSPS) is 11.2. The predicted molar refractivity (Wildman–Crippen MR) is 70.6 cm³/mol. The molecule has 0 bridgehead atoms. The maximum absolute atomic E-state index is 11.7. The van der Waals surface area contributed by atoms with Gasteiger partial charge in [-0.05, 0) is 6.42 Å². The van der Waals surface area contributed by atoms with Gasteiger partial charge in [0, 0.05) is 24.6 Å². The fourth-order valence-electron chi connectivity index (χ4n) is 1.53. The summed E-state index contributed by atoms with van der Waals surface area (Å²) in [6.07, 6.45) is 0.0133. The Bertz CT molecular complexity index is 599. The van der Waals surface area contributed by atoms with Gasteiger partial charge in [0.2, 0.25) is 10.0 Å². The van der Waals surface area contributed by atoms with E-state index in [0.717, 1.165) is 0 Å². The first-order valence-electron chi connectivity index (χ1n) is 5.73. The molecule has 0 spiro atoms. The smallest absolute Gasteiger partial charge is 0.303 e. The average molecular weight is 302 g/mol. The van der Waals surface area contributed by atoms with Crippen LogP contribution in [0, 0.1) is 10.1 Å². The minimum atomic E-state index is -3.74. The van der Waals surface area contributed by atoms with E-state index in [2.05, 4.69) is 4.72 Å². The highest BCUT2D eigenvalue weighted by Gasteiger charge is 2.19. The monoisotopic (exact) mass is 302 g/mol. The van der Waals surface area contributed by atoms with Gasteiger partial charge in [-0.15, -0.1) is 0 Å². The van der Waals surface area contributed by atoms with Crippen LogP contribution in [0.4, 0.5) is 5.69 Å². The fourth-order valence-corrected chi connectivity index (χ4v) is 2.74.